The van der Waals surface area contributed by atoms with Crippen LogP contribution in [-0.2, 0) is 11.3 Å². The maximum Gasteiger partial charge on any atom is 0.410 e. The molecule has 1 aromatic carbocycles. The molecule has 2 rings (SSSR count). The highest BCUT2D eigenvalue weighted by molar-refractivity contribution is 9.10. The lowest BCUT2D eigenvalue weighted by atomic mass is 10.1. The minimum absolute atomic E-state index is 0.207. The van der Waals surface area contributed by atoms with E-state index in [1.165, 1.54) is 5.56 Å². The van der Waals surface area contributed by atoms with Gasteiger partial charge in [-0.25, -0.2) is 4.79 Å². The second-order valence-corrected chi connectivity index (χ2v) is 8.22. The number of nitrogens with one attached hydrogen (secondary N) is 1. The lowest BCUT2D eigenvalue weighted by Gasteiger charge is -2.24. The summed E-state index contributed by atoms with van der Waals surface area (Å²) in [4.78, 5) is 13.8. The molecule has 0 spiro atoms. The quantitative estimate of drug-likeness (QED) is 0.807. The zero-order chi connectivity index (χ0) is 17.0. The number of benzene rings is 1. The maximum absolute atomic E-state index is 12.0. The average Bonchev–Trinajstić information content (AvgIpc) is 2.90. The third kappa shape index (κ3) is 5.98. The third-order valence-electron chi connectivity index (χ3n) is 3.68. The van der Waals surface area contributed by atoms with Crippen molar-refractivity contribution in [3.05, 3.63) is 33.3 Å². The Morgan fingerprint density at radius 1 is 1.48 bits per heavy atom. The largest absolute Gasteiger partial charge is 0.444 e. The van der Waals surface area contributed by atoms with Gasteiger partial charge < -0.3 is 15.0 Å². The third-order valence-corrected chi connectivity index (χ3v) is 4.90. The lowest BCUT2D eigenvalue weighted by molar-refractivity contribution is 0.0288. The molecule has 1 unspecified atom stereocenters. The van der Waals surface area contributed by atoms with Crippen molar-refractivity contribution < 1.29 is 9.53 Å². The molecule has 0 aliphatic carbocycles. The van der Waals surface area contributed by atoms with Crippen molar-refractivity contribution in [1.82, 2.24) is 10.2 Å². The van der Waals surface area contributed by atoms with E-state index in [1.54, 1.807) is 4.90 Å². The minimum atomic E-state index is -0.435. The van der Waals surface area contributed by atoms with E-state index in [0.717, 1.165) is 42.1 Å². The van der Waals surface area contributed by atoms with Crippen LogP contribution in [0.2, 0.25) is 5.02 Å². The first-order valence-electron chi connectivity index (χ1n) is 7.87. The molecule has 0 saturated carbocycles. The van der Waals surface area contributed by atoms with Gasteiger partial charge in [0.15, 0.2) is 0 Å². The second-order valence-electron chi connectivity index (χ2n) is 6.96. The molecule has 4 nitrogen and oxygen atoms in total. The van der Waals surface area contributed by atoms with Crippen molar-refractivity contribution in [3.8, 4) is 0 Å². The van der Waals surface area contributed by atoms with Gasteiger partial charge in [0.2, 0.25) is 0 Å². The first-order chi connectivity index (χ1) is 10.7. The van der Waals surface area contributed by atoms with Crippen LogP contribution in [0.25, 0.3) is 0 Å². The van der Waals surface area contributed by atoms with Gasteiger partial charge in [-0.1, -0.05) is 17.7 Å². The smallest absolute Gasteiger partial charge is 0.410 e. The molecule has 0 bridgehead atoms. The monoisotopic (exact) mass is 402 g/mol. The van der Waals surface area contributed by atoms with Gasteiger partial charge in [0.1, 0.15) is 5.60 Å². The molecule has 1 heterocycles. The Labute approximate surface area is 151 Å². The fourth-order valence-electron chi connectivity index (χ4n) is 2.56. The van der Waals surface area contributed by atoms with E-state index in [0.29, 0.717) is 5.92 Å². The molecule has 1 saturated heterocycles. The van der Waals surface area contributed by atoms with Crippen LogP contribution in [0.15, 0.2) is 22.7 Å². The number of likely N-dealkylation sites (tertiary alicyclic amines) is 1. The lowest BCUT2D eigenvalue weighted by Crippen LogP contribution is -2.36. The SMILES string of the molecule is CC(C)(C)OC(=O)N1CCC(CNCc2ccc(Cl)c(Br)c2)C1. The molecule has 1 atom stereocenters. The molecule has 1 aliphatic heterocycles. The minimum Gasteiger partial charge on any atom is -0.444 e. The topological polar surface area (TPSA) is 41.6 Å². The summed E-state index contributed by atoms with van der Waals surface area (Å²) in [5, 5.41) is 4.18. The fourth-order valence-corrected chi connectivity index (χ4v) is 3.11. The van der Waals surface area contributed by atoms with Crippen LogP contribution >= 0.6 is 27.5 Å². The second kappa shape index (κ2) is 7.86. The maximum atomic E-state index is 12.0. The van der Waals surface area contributed by atoms with E-state index >= 15 is 0 Å². The van der Waals surface area contributed by atoms with Crippen LogP contribution in [0.1, 0.15) is 32.8 Å². The Bertz CT molecular complexity index is 560. The molecule has 1 N–H and O–H groups in total. The summed E-state index contributed by atoms with van der Waals surface area (Å²) in [6, 6.07) is 5.93. The van der Waals surface area contributed by atoms with Crippen LogP contribution < -0.4 is 5.32 Å². The summed E-state index contributed by atoms with van der Waals surface area (Å²) in [5.41, 5.74) is 0.748. The summed E-state index contributed by atoms with van der Waals surface area (Å²) in [6.45, 7) is 8.89. The van der Waals surface area contributed by atoms with Gasteiger partial charge in [-0.05, 0) is 66.7 Å². The summed E-state index contributed by atoms with van der Waals surface area (Å²) >= 11 is 9.43. The molecule has 1 aliphatic rings. The number of carbonyl (C=O) groups is 1. The number of hydrogen-bond donors (Lipinski definition) is 1. The zero-order valence-corrected chi connectivity index (χ0v) is 16.2. The van der Waals surface area contributed by atoms with Gasteiger partial charge in [0.05, 0.1) is 5.02 Å². The van der Waals surface area contributed by atoms with E-state index in [4.69, 9.17) is 16.3 Å². The molecular formula is C17H24BrClN2O2. The Balaban J connectivity index is 1.73. The Morgan fingerprint density at radius 2 is 2.22 bits per heavy atom. The summed E-state index contributed by atoms with van der Waals surface area (Å²) in [5.74, 6) is 0.471. The first kappa shape index (κ1) is 18.6. The summed E-state index contributed by atoms with van der Waals surface area (Å²) in [6.07, 6.45) is 0.804. The molecule has 0 radical (unpaired) electrons. The number of carbonyl (C=O) groups excluding carboxylic acids is 1. The molecule has 1 amide bonds. The van der Waals surface area contributed by atoms with E-state index in [2.05, 4.69) is 21.2 Å². The highest BCUT2D eigenvalue weighted by Crippen LogP contribution is 2.23. The average molecular weight is 404 g/mol. The molecular weight excluding hydrogens is 380 g/mol. The van der Waals surface area contributed by atoms with E-state index in [-0.39, 0.29) is 6.09 Å². The highest BCUT2D eigenvalue weighted by Gasteiger charge is 2.29. The van der Waals surface area contributed by atoms with Gasteiger partial charge in [0, 0.05) is 30.7 Å². The normalized spacial score (nSPS) is 18.3. The van der Waals surface area contributed by atoms with Crippen molar-refractivity contribution in [2.75, 3.05) is 19.6 Å². The number of ether oxygens (including phenoxy) is 1. The van der Waals surface area contributed by atoms with E-state index in [9.17, 15) is 4.79 Å². The van der Waals surface area contributed by atoms with Crippen LogP contribution in [0.5, 0.6) is 0 Å². The number of amides is 1. The number of halogens is 2. The van der Waals surface area contributed by atoms with Crippen LogP contribution in [0.3, 0.4) is 0 Å². The summed E-state index contributed by atoms with van der Waals surface area (Å²) < 4.78 is 6.33. The zero-order valence-electron chi connectivity index (χ0n) is 13.9. The number of rotatable bonds is 4. The van der Waals surface area contributed by atoms with Gasteiger partial charge in [0.25, 0.3) is 0 Å². The van der Waals surface area contributed by atoms with Crippen molar-refractivity contribution in [2.45, 2.75) is 39.3 Å². The van der Waals surface area contributed by atoms with Crippen LogP contribution in [-0.4, -0.2) is 36.2 Å². The fraction of sp³-hybridized carbons (Fsp3) is 0.588. The van der Waals surface area contributed by atoms with Crippen LogP contribution in [0.4, 0.5) is 4.79 Å². The molecule has 6 heteroatoms. The highest BCUT2D eigenvalue weighted by atomic mass is 79.9. The van der Waals surface area contributed by atoms with E-state index in [1.807, 2.05) is 39.0 Å². The molecule has 0 aromatic heterocycles. The van der Waals surface area contributed by atoms with Gasteiger partial charge in [-0.3, -0.25) is 0 Å². The standard InChI is InChI=1S/C17H24BrClN2O2/c1-17(2,3)23-16(22)21-7-6-13(11-21)10-20-9-12-4-5-15(19)14(18)8-12/h4-5,8,13,20H,6-7,9-11H2,1-3H3. The van der Waals surface area contributed by atoms with Crippen LogP contribution in [0, 0.1) is 5.92 Å². The Morgan fingerprint density at radius 3 is 2.87 bits per heavy atom. The number of nitrogens with zero attached hydrogens (tertiary/aromatic N) is 1. The molecule has 128 valence electrons. The van der Waals surface area contributed by atoms with Gasteiger partial charge in [-0.15, -0.1) is 0 Å². The van der Waals surface area contributed by atoms with Gasteiger partial charge in [-0.2, -0.15) is 0 Å². The van der Waals surface area contributed by atoms with Crippen molar-refractivity contribution in [3.63, 3.8) is 0 Å². The number of hydrogen-bond acceptors (Lipinski definition) is 3. The molecule has 1 aromatic rings. The predicted molar refractivity (Wildman–Crippen MR) is 96.8 cm³/mol. The first-order valence-corrected chi connectivity index (χ1v) is 9.04. The van der Waals surface area contributed by atoms with Crippen molar-refractivity contribution >= 4 is 33.6 Å². The molecule has 23 heavy (non-hydrogen) atoms. The van der Waals surface area contributed by atoms with Crippen molar-refractivity contribution in [2.24, 2.45) is 5.92 Å². The van der Waals surface area contributed by atoms with Crippen molar-refractivity contribution in [1.29, 1.82) is 0 Å². The summed E-state index contributed by atoms with van der Waals surface area (Å²) in [7, 11) is 0. The molecule has 1 fully saturated rings. The predicted octanol–water partition coefficient (Wildman–Crippen LogP) is 4.45. The Kier molecular flexibility index (Phi) is 6.34. The Hall–Kier alpha value is -0.780. The van der Waals surface area contributed by atoms with E-state index < -0.39 is 5.60 Å². The van der Waals surface area contributed by atoms with Gasteiger partial charge >= 0.3 is 6.09 Å².